The Bertz CT molecular complexity index is 637. The molecule has 0 aliphatic rings. The number of carbonyl (C=O) groups is 1. The summed E-state index contributed by atoms with van der Waals surface area (Å²) in [7, 11) is 0. The van der Waals surface area contributed by atoms with Crippen molar-refractivity contribution in [1.82, 2.24) is 0 Å². The molecule has 0 saturated carbocycles. The fourth-order valence-corrected chi connectivity index (χ4v) is 1.99. The smallest absolute Gasteiger partial charge is 0.248 e. The summed E-state index contributed by atoms with van der Waals surface area (Å²) in [6.45, 7) is 0. The SMILES string of the molecule is O=C(C=Cc1ccc(Br)o1)Nc1ccc(Br)cc1F. The van der Waals surface area contributed by atoms with Gasteiger partial charge in [-0.3, -0.25) is 4.79 Å². The van der Waals surface area contributed by atoms with Crippen LogP contribution < -0.4 is 5.32 Å². The van der Waals surface area contributed by atoms with Gasteiger partial charge in [-0.25, -0.2) is 4.39 Å². The summed E-state index contributed by atoms with van der Waals surface area (Å²) in [5.41, 5.74) is 0.124. The topological polar surface area (TPSA) is 42.2 Å². The average molecular weight is 389 g/mol. The van der Waals surface area contributed by atoms with Gasteiger partial charge in [0.15, 0.2) is 4.67 Å². The first-order valence-electron chi connectivity index (χ1n) is 5.24. The molecule has 0 bridgehead atoms. The Hall–Kier alpha value is -1.40. The van der Waals surface area contributed by atoms with Crippen LogP contribution in [0.15, 0.2) is 50.0 Å². The molecule has 0 aliphatic heterocycles. The quantitative estimate of drug-likeness (QED) is 0.781. The van der Waals surface area contributed by atoms with Crippen LogP contribution in [0.5, 0.6) is 0 Å². The molecule has 3 nitrogen and oxygen atoms in total. The van der Waals surface area contributed by atoms with Crippen LogP contribution in [0.1, 0.15) is 5.76 Å². The van der Waals surface area contributed by atoms with Gasteiger partial charge in [-0.1, -0.05) is 15.9 Å². The minimum Gasteiger partial charge on any atom is -0.450 e. The zero-order valence-electron chi connectivity index (χ0n) is 9.49. The van der Waals surface area contributed by atoms with Gasteiger partial charge in [-0.2, -0.15) is 0 Å². The lowest BCUT2D eigenvalue weighted by Gasteiger charge is -2.03. The lowest BCUT2D eigenvalue weighted by Crippen LogP contribution is -2.09. The number of benzene rings is 1. The molecule has 1 heterocycles. The van der Waals surface area contributed by atoms with Gasteiger partial charge in [-0.05, 0) is 52.3 Å². The first-order chi connectivity index (χ1) is 9.04. The number of anilines is 1. The Morgan fingerprint density at radius 3 is 2.68 bits per heavy atom. The van der Waals surface area contributed by atoms with Crippen molar-refractivity contribution in [1.29, 1.82) is 0 Å². The monoisotopic (exact) mass is 387 g/mol. The second-order valence-electron chi connectivity index (χ2n) is 3.59. The number of furan rings is 1. The molecule has 98 valence electrons. The van der Waals surface area contributed by atoms with E-state index in [9.17, 15) is 9.18 Å². The number of rotatable bonds is 3. The molecule has 1 N–H and O–H groups in total. The van der Waals surface area contributed by atoms with Gasteiger partial charge >= 0.3 is 0 Å². The normalized spacial score (nSPS) is 10.9. The van der Waals surface area contributed by atoms with E-state index in [1.165, 1.54) is 24.3 Å². The third-order valence-electron chi connectivity index (χ3n) is 2.18. The van der Waals surface area contributed by atoms with Crippen molar-refractivity contribution in [2.24, 2.45) is 0 Å². The van der Waals surface area contributed by atoms with Gasteiger partial charge < -0.3 is 9.73 Å². The van der Waals surface area contributed by atoms with Gasteiger partial charge in [0, 0.05) is 10.5 Å². The van der Waals surface area contributed by atoms with E-state index < -0.39 is 11.7 Å². The third-order valence-corrected chi connectivity index (χ3v) is 3.10. The maximum absolute atomic E-state index is 13.5. The minimum absolute atomic E-state index is 0.124. The van der Waals surface area contributed by atoms with E-state index in [0.717, 1.165) is 0 Å². The molecule has 1 aromatic carbocycles. The Morgan fingerprint density at radius 1 is 1.26 bits per heavy atom. The van der Waals surface area contributed by atoms with E-state index >= 15 is 0 Å². The van der Waals surface area contributed by atoms with Crippen molar-refractivity contribution < 1.29 is 13.6 Å². The molecular weight excluding hydrogens is 381 g/mol. The summed E-state index contributed by atoms with van der Waals surface area (Å²) < 4.78 is 19.9. The van der Waals surface area contributed by atoms with E-state index in [2.05, 4.69) is 37.2 Å². The molecule has 1 amide bonds. The summed E-state index contributed by atoms with van der Waals surface area (Å²) in [5, 5.41) is 2.44. The van der Waals surface area contributed by atoms with Crippen molar-refractivity contribution in [2.75, 3.05) is 5.32 Å². The van der Waals surface area contributed by atoms with E-state index in [4.69, 9.17) is 4.42 Å². The van der Waals surface area contributed by atoms with Crippen LogP contribution in [-0.4, -0.2) is 5.91 Å². The minimum atomic E-state index is -0.503. The Labute approximate surface area is 125 Å². The standard InChI is InChI=1S/C13H8Br2FNO2/c14-8-1-4-11(10(16)7-8)17-13(18)6-3-9-2-5-12(15)19-9/h1-7H,(H,17,18). The highest BCUT2D eigenvalue weighted by molar-refractivity contribution is 9.10. The molecule has 0 unspecified atom stereocenters. The number of hydrogen-bond acceptors (Lipinski definition) is 2. The lowest BCUT2D eigenvalue weighted by atomic mass is 10.3. The van der Waals surface area contributed by atoms with Gasteiger partial charge in [0.1, 0.15) is 11.6 Å². The number of hydrogen-bond donors (Lipinski definition) is 1. The Balaban J connectivity index is 2.03. The second kappa shape index (κ2) is 6.16. The molecule has 6 heteroatoms. The molecule has 0 saturated heterocycles. The summed E-state index contributed by atoms with van der Waals surface area (Å²) in [6.07, 6.45) is 2.77. The summed E-state index contributed by atoms with van der Waals surface area (Å²) in [5.74, 6) is -0.413. The molecule has 19 heavy (non-hydrogen) atoms. The van der Waals surface area contributed by atoms with Crippen molar-refractivity contribution in [3.05, 3.63) is 57.1 Å². The highest BCUT2D eigenvalue weighted by Gasteiger charge is 2.05. The van der Waals surface area contributed by atoms with Crippen LogP contribution in [0.25, 0.3) is 6.08 Å². The summed E-state index contributed by atoms with van der Waals surface area (Å²) in [6, 6.07) is 7.82. The first kappa shape index (κ1) is 14.0. The van der Waals surface area contributed by atoms with Crippen LogP contribution in [0.2, 0.25) is 0 Å². The predicted molar refractivity (Wildman–Crippen MR) is 78.2 cm³/mol. The van der Waals surface area contributed by atoms with Crippen molar-refractivity contribution in [3.8, 4) is 0 Å². The first-order valence-corrected chi connectivity index (χ1v) is 6.82. The van der Waals surface area contributed by atoms with Crippen LogP contribution in [0.3, 0.4) is 0 Å². The summed E-state index contributed by atoms with van der Waals surface area (Å²) >= 11 is 6.30. The van der Waals surface area contributed by atoms with E-state index in [0.29, 0.717) is 14.9 Å². The molecule has 0 spiro atoms. The van der Waals surface area contributed by atoms with Crippen LogP contribution in [-0.2, 0) is 4.79 Å². The van der Waals surface area contributed by atoms with Crippen molar-refractivity contribution in [2.45, 2.75) is 0 Å². The fourth-order valence-electron chi connectivity index (χ4n) is 1.34. The van der Waals surface area contributed by atoms with E-state index in [1.807, 2.05) is 0 Å². The molecule has 1 aromatic heterocycles. The maximum Gasteiger partial charge on any atom is 0.248 e. The number of amides is 1. The van der Waals surface area contributed by atoms with Gasteiger partial charge in [-0.15, -0.1) is 0 Å². The van der Waals surface area contributed by atoms with Crippen LogP contribution in [0, 0.1) is 5.82 Å². The van der Waals surface area contributed by atoms with Crippen LogP contribution in [0.4, 0.5) is 10.1 Å². The predicted octanol–water partition coefficient (Wildman–Crippen LogP) is 4.60. The van der Waals surface area contributed by atoms with Crippen LogP contribution >= 0.6 is 31.9 Å². The number of halogens is 3. The Morgan fingerprint density at radius 2 is 2.05 bits per heavy atom. The molecule has 2 aromatic rings. The second-order valence-corrected chi connectivity index (χ2v) is 5.29. The molecule has 2 rings (SSSR count). The molecule has 0 fully saturated rings. The van der Waals surface area contributed by atoms with E-state index in [-0.39, 0.29) is 5.69 Å². The molecular formula is C13H8Br2FNO2. The lowest BCUT2D eigenvalue weighted by molar-refractivity contribution is -0.111. The summed E-state index contributed by atoms with van der Waals surface area (Å²) in [4.78, 5) is 11.6. The van der Waals surface area contributed by atoms with E-state index in [1.54, 1.807) is 18.2 Å². The number of nitrogens with one attached hydrogen (secondary N) is 1. The third kappa shape index (κ3) is 4.04. The average Bonchev–Trinajstić information content (AvgIpc) is 2.76. The Kier molecular flexibility index (Phi) is 4.55. The van der Waals surface area contributed by atoms with Crippen molar-refractivity contribution >= 4 is 49.5 Å². The maximum atomic E-state index is 13.5. The van der Waals surface area contributed by atoms with Gasteiger partial charge in [0.25, 0.3) is 0 Å². The molecule has 0 aliphatic carbocycles. The molecule has 0 radical (unpaired) electrons. The number of carbonyl (C=O) groups excluding carboxylic acids is 1. The zero-order chi connectivity index (χ0) is 13.8. The molecule has 0 atom stereocenters. The van der Waals surface area contributed by atoms with Gasteiger partial charge in [0.05, 0.1) is 5.69 Å². The zero-order valence-corrected chi connectivity index (χ0v) is 12.7. The fraction of sp³-hybridized carbons (Fsp3) is 0. The van der Waals surface area contributed by atoms with Gasteiger partial charge in [0.2, 0.25) is 5.91 Å². The van der Waals surface area contributed by atoms with Crippen molar-refractivity contribution in [3.63, 3.8) is 0 Å². The largest absolute Gasteiger partial charge is 0.450 e. The highest BCUT2D eigenvalue weighted by Crippen LogP contribution is 2.19. The highest BCUT2D eigenvalue weighted by atomic mass is 79.9.